The number of halogens is 3. The van der Waals surface area contributed by atoms with Crippen LogP contribution in [0.1, 0.15) is 50.3 Å². The predicted molar refractivity (Wildman–Crippen MR) is 116 cm³/mol. The first kappa shape index (κ1) is 20.2. The van der Waals surface area contributed by atoms with Gasteiger partial charge in [-0.1, -0.05) is 22.4 Å². The molecule has 3 nitrogen and oxygen atoms in total. The summed E-state index contributed by atoms with van der Waals surface area (Å²) in [5.41, 5.74) is 3.55. The maximum Gasteiger partial charge on any atom is 0.142 e. The number of nitrogens with zero attached hydrogens (tertiary/aromatic N) is 1. The molecule has 2 aliphatic rings. The molecule has 0 bridgehead atoms. The average molecular weight is 505 g/mol. The summed E-state index contributed by atoms with van der Waals surface area (Å²) in [6, 6.07) is 9.92. The summed E-state index contributed by atoms with van der Waals surface area (Å²) in [6.07, 6.45) is 8.08. The highest BCUT2D eigenvalue weighted by molar-refractivity contribution is 9.11. The van der Waals surface area contributed by atoms with Gasteiger partial charge in [-0.25, -0.2) is 0 Å². The zero-order valence-corrected chi connectivity index (χ0v) is 18.9. The van der Waals surface area contributed by atoms with E-state index in [1.807, 2.05) is 6.07 Å². The minimum atomic E-state index is 0. The summed E-state index contributed by atoms with van der Waals surface area (Å²) in [5.74, 6) is 0.871. The number of H-pyrrole nitrogens is 1. The first-order chi connectivity index (χ1) is 12.2. The molecular weight excluding hydrogens is 479 g/mol. The Kier molecular flexibility index (Phi) is 6.76. The van der Waals surface area contributed by atoms with Crippen LogP contribution in [0.4, 0.5) is 0 Å². The zero-order chi connectivity index (χ0) is 17.4. The molecule has 2 aliphatic heterocycles. The number of piperidine rings is 2. The number of hydrogen-bond donors (Lipinski definition) is 1. The van der Waals surface area contributed by atoms with E-state index in [0.29, 0.717) is 6.04 Å². The van der Waals surface area contributed by atoms with Gasteiger partial charge in [0.2, 0.25) is 0 Å². The van der Waals surface area contributed by atoms with Crippen molar-refractivity contribution in [2.75, 3.05) is 13.7 Å². The molecule has 3 heterocycles. The molecule has 1 aromatic carbocycles. The summed E-state index contributed by atoms with van der Waals surface area (Å²) >= 11 is 7.20. The lowest BCUT2D eigenvalue weighted by molar-refractivity contribution is 0.0501. The van der Waals surface area contributed by atoms with Crippen molar-refractivity contribution in [2.24, 2.45) is 0 Å². The zero-order valence-electron chi connectivity index (χ0n) is 14.9. The minimum absolute atomic E-state index is 0. The average Bonchev–Trinajstić information content (AvgIpc) is 3.10. The van der Waals surface area contributed by atoms with Crippen LogP contribution >= 0.6 is 44.3 Å². The van der Waals surface area contributed by atoms with Gasteiger partial charge in [0.05, 0.1) is 17.6 Å². The summed E-state index contributed by atoms with van der Waals surface area (Å²) in [4.78, 5) is 6.44. The van der Waals surface area contributed by atoms with Crippen LogP contribution in [-0.4, -0.2) is 29.6 Å². The van der Waals surface area contributed by atoms with E-state index in [-0.39, 0.29) is 12.4 Å². The third-order valence-electron chi connectivity index (χ3n) is 5.66. The normalized spacial score (nSPS) is 23.2. The SMILES string of the molecule is COc1c(Br)cc(Br)cc1-c1ccc(C2CCCC3CCCCN32)[nH]1.Cl. The fourth-order valence-corrected chi connectivity index (χ4v) is 5.91. The Morgan fingerprint density at radius 2 is 1.88 bits per heavy atom. The summed E-state index contributed by atoms with van der Waals surface area (Å²) in [5, 5.41) is 0. The Morgan fingerprint density at radius 3 is 2.69 bits per heavy atom. The largest absolute Gasteiger partial charge is 0.495 e. The second-order valence-electron chi connectivity index (χ2n) is 7.13. The van der Waals surface area contributed by atoms with Gasteiger partial charge in [-0.3, -0.25) is 4.90 Å². The molecule has 0 radical (unpaired) electrons. The molecule has 1 N–H and O–H groups in total. The summed E-state index contributed by atoms with van der Waals surface area (Å²) < 4.78 is 7.63. The van der Waals surface area contributed by atoms with Gasteiger partial charge in [-0.15, -0.1) is 12.4 Å². The first-order valence-corrected chi connectivity index (χ1v) is 10.7. The molecule has 4 rings (SSSR count). The van der Waals surface area contributed by atoms with E-state index in [0.717, 1.165) is 32.0 Å². The van der Waals surface area contributed by atoms with Crippen molar-refractivity contribution in [1.29, 1.82) is 0 Å². The maximum atomic E-state index is 5.63. The van der Waals surface area contributed by atoms with Crippen molar-refractivity contribution in [3.05, 3.63) is 38.9 Å². The van der Waals surface area contributed by atoms with Crippen LogP contribution in [-0.2, 0) is 0 Å². The smallest absolute Gasteiger partial charge is 0.142 e. The Bertz CT molecular complexity index is 762. The number of aromatic nitrogens is 1. The number of benzene rings is 1. The van der Waals surface area contributed by atoms with Crippen molar-refractivity contribution in [2.45, 2.75) is 50.6 Å². The van der Waals surface area contributed by atoms with Gasteiger partial charge in [0.25, 0.3) is 0 Å². The first-order valence-electron chi connectivity index (χ1n) is 9.15. The molecule has 1 aromatic heterocycles. The highest BCUT2D eigenvalue weighted by Crippen LogP contribution is 2.41. The maximum absolute atomic E-state index is 5.63. The number of hydrogen-bond acceptors (Lipinski definition) is 2. The fourth-order valence-electron chi connectivity index (χ4n) is 4.52. The van der Waals surface area contributed by atoms with Crippen LogP contribution in [0, 0.1) is 0 Å². The quantitative estimate of drug-likeness (QED) is 0.503. The molecule has 0 saturated carbocycles. The monoisotopic (exact) mass is 502 g/mol. The van der Waals surface area contributed by atoms with Crippen molar-refractivity contribution in [3.63, 3.8) is 0 Å². The topological polar surface area (TPSA) is 28.3 Å². The Balaban J connectivity index is 0.00000196. The highest BCUT2D eigenvalue weighted by Gasteiger charge is 2.33. The number of fused-ring (bicyclic) bond motifs is 1. The molecule has 26 heavy (non-hydrogen) atoms. The molecule has 0 amide bonds. The number of aromatic amines is 1. The molecule has 2 fully saturated rings. The summed E-state index contributed by atoms with van der Waals surface area (Å²) in [7, 11) is 1.72. The van der Waals surface area contributed by atoms with Crippen LogP contribution in [0.5, 0.6) is 5.75 Å². The Labute approximate surface area is 178 Å². The van der Waals surface area contributed by atoms with Crippen LogP contribution in [0.2, 0.25) is 0 Å². The molecule has 2 aromatic rings. The molecular formula is C20H25Br2ClN2O. The van der Waals surface area contributed by atoms with E-state index in [1.54, 1.807) is 7.11 Å². The van der Waals surface area contributed by atoms with Crippen LogP contribution < -0.4 is 4.74 Å². The van der Waals surface area contributed by atoms with E-state index in [2.05, 4.69) is 59.9 Å². The van der Waals surface area contributed by atoms with Gasteiger partial charge < -0.3 is 9.72 Å². The Hall–Kier alpha value is -0.490. The van der Waals surface area contributed by atoms with E-state index in [9.17, 15) is 0 Å². The van der Waals surface area contributed by atoms with Crippen LogP contribution in [0.15, 0.2) is 33.2 Å². The Morgan fingerprint density at radius 1 is 1.08 bits per heavy atom. The summed E-state index contributed by atoms with van der Waals surface area (Å²) in [6.45, 7) is 1.25. The van der Waals surface area contributed by atoms with Crippen molar-refractivity contribution >= 4 is 44.3 Å². The van der Waals surface area contributed by atoms with E-state index >= 15 is 0 Å². The number of rotatable bonds is 3. The number of methoxy groups -OCH3 is 1. The van der Waals surface area contributed by atoms with Crippen molar-refractivity contribution in [3.8, 4) is 17.0 Å². The number of nitrogens with one attached hydrogen (secondary N) is 1. The van der Waals surface area contributed by atoms with E-state index < -0.39 is 0 Å². The third-order valence-corrected chi connectivity index (χ3v) is 6.71. The van der Waals surface area contributed by atoms with Crippen molar-refractivity contribution in [1.82, 2.24) is 9.88 Å². The van der Waals surface area contributed by atoms with Gasteiger partial charge in [-0.05, 0) is 78.8 Å². The molecule has 142 valence electrons. The molecule has 2 unspecified atom stereocenters. The van der Waals surface area contributed by atoms with Gasteiger partial charge >= 0.3 is 0 Å². The minimum Gasteiger partial charge on any atom is -0.495 e. The predicted octanol–water partition coefficient (Wildman–Crippen LogP) is 6.72. The van der Waals surface area contributed by atoms with Crippen LogP contribution in [0.25, 0.3) is 11.3 Å². The molecule has 2 saturated heterocycles. The second kappa shape index (κ2) is 8.68. The molecule has 0 aliphatic carbocycles. The second-order valence-corrected chi connectivity index (χ2v) is 8.90. The van der Waals surface area contributed by atoms with Crippen molar-refractivity contribution < 1.29 is 4.74 Å². The van der Waals surface area contributed by atoms with Gasteiger partial charge in [-0.2, -0.15) is 0 Å². The molecule has 2 atom stereocenters. The van der Waals surface area contributed by atoms with Gasteiger partial charge in [0, 0.05) is 27.5 Å². The number of ether oxygens (including phenoxy) is 1. The third kappa shape index (κ3) is 3.87. The van der Waals surface area contributed by atoms with Crippen LogP contribution in [0.3, 0.4) is 0 Å². The van der Waals surface area contributed by atoms with E-state index in [1.165, 1.54) is 50.8 Å². The van der Waals surface area contributed by atoms with E-state index in [4.69, 9.17) is 4.74 Å². The van der Waals surface area contributed by atoms with Gasteiger partial charge in [0.1, 0.15) is 5.75 Å². The lowest BCUT2D eigenvalue weighted by Gasteiger charge is -2.44. The lowest BCUT2D eigenvalue weighted by atomic mass is 9.88. The highest BCUT2D eigenvalue weighted by atomic mass is 79.9. The van der Waals surface area contributed by atoms with Gasteiger partial charge in [0.15, 0.2) is 0 Å². The molecule has 6 heteroatoms. The standard InChI is InChI=1S/C20H24Br2N2O.ClH/c1-25-20-15(11-13(21)12-16(20)22)17-8-9-18(23-17)19-7-4-6-14-5-2-3-10-24(14)19;/h8-9,11-12,14,19,23H,2-7,10H2,1H3;1H. The fraction of sp³-hybridized carbons (Fsp3) is 0.500. The molecule has 0 spiro atoms. The lowest BCUT2D eigenvalue weighted by Crippen LogP contribution is -2.44.